The van der Waals surface area contributed by atoms with Crippen LogP contribution < -0.4 is 10.6 Å². The normalized spacial score (nSPS) is 11.3. The van der Waals surface area contributed by atoms with Crippen molar-refractivity contribution in [3.8, 4) is 5.69 Å². The minimum atomic E-state index is -0.363. The second-order valence-corrected chi connectivity index (χ2v) is 10.1. The average molecular weight is 492 g/mol. The number of hydrogen-bond donors (Lipinski definition) is 2. The van der Waals surface area contributed by atoms with Crippen LogP contribution in [-0.4, -0.2) is 53.4 Å². The Labute approximate surface area is 213 Å². The van der Waals surface area contributed by atoms with Gasteiger partial charge in [-0.2, -0.15) is 5.10 Å². The second kappa shape index (κ2) is 11.4. The molecule has 36 heavy (non-hydrogen) atoms. The number of aromatic nitrogens is 2. The molecule has 3 amide bonds. The fourth-order valence-electron chi connectivity index (χ4n) is 3.68. The van der Waals surface area contributed by atoms with E-state index in [2.05, 4.69) is 31.4 Å². The zero-order valence-electron chi connectivity index (χ0n) is 22.3. The Balaban J connectivity index is 1.82. The van der Waals surface area contributed by atoms with E-state index in [4.69, 9.17) is 9.84 Å². The number of nitrogens with one attached hydrogen (secondary N) is 2. The fraction of sp³-hybridized carbons (Fsp3) is 0.393. The molecule has 192 valence electrons. The van der Waals surface area contributed by atoms with Crippen LogP contribution in [0.15, 0.2) is 48.5 Å². The lowest BCUT2D eigenvalue weighted by atomic mass is 9.92. The van der Waals surface area contributed by atoms with Gasteiger partial charge in [-0.3, -0.25) is 4.79 Å². The molecule has 2 N–H and O–H groups in total. The van der Waals surface area contributed by atoms with E-state index in [0.29, 0.717) is 12.4 Å². The zero-order chi connectivity index (χ0) is 26.5. The number of amides is 3. The quantitative estimate of drug-likeness (QED) is 0.453. The average Bonchev–Trinajstić information content (AvgIpc) is 3.24. The van der Waals surface area contributed by atoms with Gasteiger partial charge in [-0.1, -0.05) is 45.0 Å². The molecule has 0 aliphatic heterocycles. The number of aryl methyl sites for hydroxylation is 2. The third-order valence-electron chi connectivity index (χ3n) is 6.02. The Morgan fingerprint density at radius 1 is 1.03 bits per heavy atom. The molecule has 0 saturated carbocycles. The summed E-state index contributed by atoms with van der Waals surface area (Å²) in [5.74, 6) is 0.230. The minimum absolute atomic E-state index is 0.135. The van der Waals surface area contributed by atoms with Gasteiger partial charge in [-0.05, 0) is 55.7 Å². The topological polar surface area (TPSA) is 88.5 Å². The van der Waals surface area contributed by atoms with E-state index in [-0.39, 0.29) is 30.4 Å². The van der Waals surface area contributed by atoms with E-state index in [1.54, 1.807) is 11.8 Å². The predicted molar refractivity (Wildman–Crippen MR) is 144 cm³/mol. The van der Waals surface area contributed by atoms with Crippen LogP contribution in [-0.2, 0) is 14.9 Å². The number of carbonyl (C=O) groups is 2. The van der Waals surface area contributed by atoms with Crippen LogP contribution >= 0.6 is 0 Å². The SMILES string of the molecule is COCCN(CC(=O)Nc1cc(C(C)(C)C)nn1-c1cccc(C)c1)C(=O)Nc1cccc(C)c1C. The van der Waals surface area contributed by atoms with E-state index in [9.17, 15) is 9.59 Å². The summed E-state index contributed by atoms with van der Waals surface area (Å²) in [6.45, 7) is 12.6. The minimum Gasteiger partial charge on any atom is -0.383 e. The molecule has 0 bridgehead atoms. The van der Waals surface area contributed by atoms with Crippen molar-refractivity contribution in [3.63, 3.8) is 0 Å². The Morgan fingerprint density at radius 3 is 2.42 bits per heavy atom. The van der Waals surface area contributed by atoms with Crippen molar-refractivity contribution in [1.82, 2.24) is 14.7 Å². The molecule has 8 heteroatoms. The Kier molecular flexibility index (Phi) is 8.53. The Hall–Kier alpha value is -3.65. The smallest absolute Gasteiger partial charge is 0.322 e. The van der Waals surface area contributed by atoms with Crippen LogP contribution in [0.3, 0.4) is 0 Å². The first kappa shape index (κ1) is 26.9. The highest BCUT2D eigenvalue weighted by Gasteiger charge is 2.23. The summed E-state index contributed by atoms with van der Waals surface area (Å²) in [7, 11) is 1.56. The van der Waals surface area contributed by atoms with Crippen molar-refractivity contribution < 1.29 is 14.3 Å². The molecule has 3 rings (SSSR count). The lowest BCUT2D eigenvalue weighted by Gasteiger charge is -2.23. The van der Waals surface area contributed by atoms with Gasteiger partial charge >= 0.3 is 6.03 Å². The summed E-state index contributed by atoms with van der Waals surface area (Å²) in [6, 6.07) is 15.2. The highest BCUT2D eigenvalue weighted by atomic mass is 16.5. The van der Waals surface area contributed by atoms with Gasteiger partial charge in [0.2, 0.25) is 5.91 Å². The molecule has 0 atom stereocenters. The second-order valence-electron chi connectivity index (χ2n) is 10.1. The molecular formula is C28H37N5O3. The first-order chi connectivity index (χ1) is 17.0. The van der Waals surface area contributed by atoms with E-state index >= 15 is 0 Å². The van der Waals surface area contributed by atoms with Crippen LogP contribution in [0.1, 0.15) is 43.2 Å². The first-order valence-corrected chi connectivity index (χ1v) is 12.1. The molecule has 0 saturated heterocycles. The van der Waals surface area contributed by atoms with Crippen molar-refractivity contribution in [1.29, 1.82) is 0 Å². The molecular weight excluding hydrogens is 454 g/mol. The maximum Gasteiger partial charge on any atom is 0.322 e. The van der Waals surface area contributed by atoms with Gasteiger partial charge < -0.3 is 20.3 Å². The van der Waals surface area contributed by atoms with Gasteiger partial charge in [0.25, 0.3) is 0 Å². The third kappa shape index (κ3) is 6.73. The monoisotopic (exact) mass is 491 g/mol. The number of carbonyl (C=O) groups excluding carboxylic acids is 2. The molecule has 1 aromatic heterocycles. The number of urea groups is 1. The summed E-state index contributed by atoms with van der Waals surface area (Å²) in [5.41, 5.74) is 5.37. The number of ether oxygens (including phenoxy) is 1. The van der Waals surface area contributed by atoms with Crippen molar-refractivity contribution >= 4 is 23.4 Å². The molecule has 8 nitrogen and oxygen atoms in total. The number of hydrogen-bond acceptors (Lipinski definition) is 4. The standard InChI is InChI=1S/C28H37N5O3/c1-19-10-8-12-22(16-19)33-25(17-24(31-33)28(4,5)6)30-26(34)18-32(14-15-36-7)27(35)29-23-13-9-11-20(2)21(23)3/h8-13,16-17H,14-15,18H2,1-7H3,(H,29,35)(H,30,34). The van der Waals surface area contributed by atoms with E-state index in [1.807, 2.05) is 69.3 Å². The first-order valence-electron chi connectivity index (χ1n) is 12.1. The highest BCUT2D eigenvalue weighted by molar-refractivity contribution is 5.97. The molecule has 0 aliphatic rings. The van der Waals surface area contributed by atoms with Crippen molar-refractivity contribution in [3.05, 3.63) is 70.9 Å². The number of rotatable bonds is 8. The molecule has 0 fully saturated rings. The van der Waals surface area contributed by atoms with Gasteiger partial charge in [0, 0.05) is 30.8 Å². The largest absolute Gasteiger partial charge is 0.383 e. The summed E-state index contributed by atoms with van der Waals surface area (Å²) in [5, 5.41) is 10.7. The molecule has 2 aromatic carbocycles. The maximum atomic E-state index is 13.2. The van der Waals surface area contributed by atoms with Gasteiger partial charge in [0.05, 0.1) is 18.0 Å². The lowest BCUT2D eigenvalue weighted by molar-refractivity contribution is -0.116. The molecule has 1 heterocycles. The predicted octanol–water partition coefficient (Wildman–Crippen LogP) is 5.21. The van der Waals surface area contributed by atoms with Crippen LogP contribution in [0, 0.1) is 20.8 Å². The van der Waals surface area contributed by atoms with Crippen LogP contribution in [0.2, 0.25) is 0 Å². The van der Waals surface area contributed by atoms with Gasteiger partial charge in [0.15, 0.2) is 0 Å². The van der Waals surface area contributed by atoms with E-state index in [1.165, 1.54) is 4.90 Å². The molecule has 0 unspecified atom stereocenters. The van der Waals surface area contributed by atoms with Crippen molar-refractivity contribution in [2.75, 3.05) is 37.4 Å². The highest BCUT2D eigenvalue weighted by Crippen LogP contribution is 2.26. The van der Waals surface area contributed by atoms with E-state index < -0.39 is 0 Å². The summed E-state index contributed by atoms with van der Waals surface area (Å²) in [4.78, 5) is 27.7. The maximum absolute atomic E-state index is 13.2. The summed E-state index contributed by atoms with van der Waals surface area (Å²) < 4.78 is 6.91. The molecule has 0 spiro atoms. The van der Waals surface area contributed by atoms with Gasteiger partial charge in [-0.25, -0.2) is 9.48 Å². The number of anilines is 2. The lowest BCUT2D eigenvalue weighted by Crippen LogP contribution is -2.42. The van der Waals surface area contributed by atoms with E-state index in [0.717, 1.165) is 33.8 Å². The van der Waals surface area contributed by atoms with Crippen LogP contribution in [0.4, 0.5) is 16.3 Å². The molecule has 0 radical (unpaired) electrons. The Bertz CT molecular complexity index is 1230. The van der Waals surface area contributed by atoms with Gasteiger partial charge in [0.1, 0.15) is 12.4 Å². The van der Waals surface area contributed by atoms with Crippen molar-refractivity contribution in [2.24, 2.45) is 0 Å². The number of benzene rings is 2. The zero-order valence-corrected chi connectivity index (χ0v) is 22.3. The van der Waals surface area contributed by atoms with Gasteiger partial charge in [-0.15, -0.1) is 0 Å². The molecule has 0 aliphatic carbocycles. The summed E-state index contributed by atoms with van der Waals surface area (Å²) in [6.07, 6.45) is 0. The van der Waals surface area contributed by atoms with Crippen molar-refractivity contribution in [2.45, 2.75) is 47.0 Å². The number of nitrogens with zero attached hydrogens (tertiary/aromatic N) is 3. The Morgan fingerprint density at radius 2 is 1.75 bits per heavy atom. The third-order valence-corrected chi connectivity index (χ3v) is 6.02. The molecule has 3 aromatic rings. The summed E-state index contributed by atoms with van der Waals surface area (Å²) >= 11 is 0. The van der Waals surface area contributed by atoms with Crippen LogP contribution in [0.25, 0.3) is 5.69 Å². The fourth-order valence-corrected chi connectivity index (χ4v) is 3.68. The van der Waals surface area contributed by atoms with Crippen LogP contribution in [0.5, 0.6) is 0 Å². The number of methoxy groups -OCH3 is 1.